The maximum absolute atomic E-state index is 12.1. The van der Waals surface area contributed by atoms with Gasteiger partial charge < -0.3 is 24.3 Å². The highest BCUT2D eigenvalue weighted by Crippen LogP contribution is 2.15. The third kappa shape index (κ3) is 6.23. The van der Waals surface area contributed by atoms with E-state index in [0.717, 1.165) is 0 Å². The monoisotopic (exact) mass is 342 g/mol. The summed E-state index contributed by atoms with van der Waals surface area (Å²) in [6.07, 6.45) is 0.206. The largest absolute Gasteiger partial charge is 0.467 e. The lowest BCUT2D eigenvalue weighted by atomic mass is 10.1. The number of anilines is 1. The van der Waals surface area contributed by atoms with Crippen LogP contribution < -0.4 is 14.8 Å². The maximum atomic E-state index is 12.1. The van der Waals surface area contributed by atoms with Gasteiger partial charge in [0.05, 0.1) is 27.4 Å². The minimum Gasteiger partial charge on any atom is -0.467 e. The smallest absolute Gasteiger partial charge is 0.328 e. The second-order valence-corrected chi connectivity index (χ2v) is 4.43. The molecule has 0 spiro atoms. The molecule has 0 saturated heterocycles. The fraction of sp³-hybridized carbons (Fsp3) is 0.643. The number of carbonyl (C=O) groups excluding carboxylic acids is 2. The van der Waals surface area contributed by atoms with Crippen molar-refractivity contribution in [1.29, 1.82) is 0 Å². The van der Waals surface area contributed by atoms with Crippen LogP contribution in [0.1, 0.15) is 26.7 Å². The van der Waals surface area contributed by atoms with Crippen molar-refractivity contribution in [2.45, 2.75) is 32.7 Å². The summed E-state index contributed by atoms with van der Waals surface area (Å²) in [4.78, 5) is 35.4. The second kappa shape index (κ2) is 10.2. The van der Waals surface area contributed by atoms with E-state index in [4.69, 9.17) is 18.9 Å². The zero-order valence-electron chi connectivity index (χ0n) is 14.2. The predicted molar refractivity (Wildman–Crippen MR) is 82.8 cm³/mol. The van der Waals surface area contributed by atoms with Crippen molar-refractivity contribution < 1.29 is 28.5 Å². The summed E-state index contributed by atoms with van der Waals surface area (Å²) in [5.74, 6) is -0.861. The average Bonchev–Trinajstić information content (AvgIpc) is 2.58. The van der Waals surface area contributed by atoms with E-state index in [9.17, 15) is 9.59 Å². The van der Waals surface area contributed by atoms with Crippen LogP contribution in [0.25, 0.3) is 0 Å². The molecule has 1 N–H and O–H groups in total. The summed E-state index contributed by atoms with van der Waals surface area (Å²) >= 11 is 0. The number of methoxy groups -OCH3 is 2. The highest BCUT2D eigenvalue weighted by atomic mass is 16.5. The Morgan fingerprint density at radius 1 is 1.00 bits per heavy atom. The minimum atomic E-state index is -0.828. The standard InChI is InChI=1S/C14H22N4O6/c1-5-23-10(19)8-7-9(11(20)24-6-2)15-12-16-13(21-3)18-14(17-12)22-4/h9H,5-8H2,1-4H3,(H,15,16,17,18)/t9-/m1/s1. The van der Waals surface area contributed by atoms with E-state index >= 15 is 0 Å². The van der Waals surface area contributed by atoms with Crippen LogP contribution in [0.4, 0.5) is 5.95 Å². The van der Waals surface area contributed by atoms with Crippen molar-refractivity contribution >= 4 is 17.9 Å². The fourth-order valence-corrected chi connectivity index (χ4v) is 1.73. The van der Waals surface area contributed by atoms with Crippen LogP contribution in [-0.4, -0.2) is 60.4 Å². The number of esters is 2. The van der Waals surface area contributed by atoms with Crippen molar-refractivity contribution in [2.24, 2.45) is 0 Å². The molecule has 0 fully saturated rings. The molecule has 0 aliphatic carbocycles. The third-order valence-corrected chi connectivity index (χ3v) is 2.78. The topological polar surface area (TPSA) is 122 Å². The molecule has 0 unspecified atom stereocenters. The van der Waals surface area contributed by atoms with Gasteiger partial charge in [-0.2, -0.15) is 9.97 Å². The molecule has 0 saturated carbocycles. The van der Waals surface area contributed by atoms with E-state index in [0.29, 0.717) is 0 Å². The Hall–Kier alpha value is -2.65. The van der Waals surface area contributed by atoms with Crippen LogP contribution in [0.5, 0.6) is 12.0 Å². The van der Waals surface area contributed by atoms with Crippen LogP contribution in [0.2, 0.25) is 0 Å². The van der Waals surface area contributed by atoms with Gasteiger partial charge >= 0.3 is 24.0 Å². The number of aromatic nitrogens is 3. The minimum absolute atomic E-state index is 0.0253. The fourth-order valence-electron chi connectivity index (χ4n) is 1.73. The van der Waals surface area contributed by atoms with E-state index in [-0.39, 0.29) is 44.0 Å². The van der Waals surface area contributed by atoms with Crippen LogP contribution in [-0.2, 0) is 19.1 Å². The summed E-state index contributed by atoms with van der Waals surface area (Å²) in [6, 6.07) is -0.777. The summed E-state index contributed by atoms with van der Waals surface area (Å²) in [5, 5.41) is 2.81. The molecule has 1 aromatic rings. The molecule has 134 valence electrons. The lowest BCUT2D eigenvalue weighted by Crippen LogP contribution is -2.33. The molecule has 1 aromatic heterocycles. The number of rotatable bonds is 10. The van der Waals surface area contributed by atoms with E-state index in [2.05, 4.69) is 20.3 Å². The van der Waals surface area contributed by atoms with Gasteiger partial charge in [-0.1, -0.05) is 0 Å². The van der Waals surface area contributed by atoms with Crippen LogP contribution >= 0.6 is 0 Å². The van der Waals surface area contributed by atoms with Gasteiger partial charge in [0.1, 0.15) is 6.04 Å². The lowest BCUT2D eigenvalue weighted by Gasteiger charge is -2.17. The lowest BCUT2D eigenvalue weighted by molar-refractivity contribution is -0.145. The van der Waals surface area contributed by atoms with Gasteiger partial charge in [-0.25, -0.2) is 4.79 Å². The molecule has 0 radical (unpaired) electrons. The highest BCUT2D eigenvalue weighted by molar-refractivity contribution is 5.79. The van der Waals surface area contributed by atoms with Gasteiger partial charge in [0.2, 0.25) is 5.95 Å². The first-order valence-corrected chi connectivity index (χ1v) is 7.46. The van der Waals surface area contributed by atoms with E-state index in [1.54, 1.807) is 13.8 Å². The highest BCUT2D eigenvalue weighted by Gasteiger charge is 2.23. The molecule has 1 atom stereocenters. The number of ether oxygens (including phenoxy) is 4. The number of carbonyl (C=O) groups is 2. The van der Waals surface area contributed by atoms with Gasteiger partial charge in [-0.05, 0) is 20.3 Å². The zero-order chi connectivity index (χ0) is 17.9. The molecule has 24 heavy (non-hydrogen) atoms. The Kier molecular flexibility index (Phi) is 8.23. The van der Waals surface area contributed by atoms with E-state index in [1.165, 1.54) is 14.2 Å². The summed E-state index contributed by atoms with van der Waals surface area (Å²) in [6.45, 7) is 3.89. The van der Waals surface area contributed by atoms with E-state index < -0.39 is 18.0 Å². The first kappa shape index (κ1) is 19.4. The van der Waals surface area contributed by atoms with Gasteiger partial charge in [0.25, 0.3) is 0 Å². The number of nitrogens with zero attached hydrogens (tertiary/aromatic N) is 3. The maximum Gasteiger partial charge on any atom is 0.328 e. The van der Waals surface area contributed by atoms with Crippen LogP contribution in [0, 0.1) is 0 Å². The Labute approximate surface area is 139 Å². The molecule has 0 amide bonds. The number of hydrogen-bond donors (Lipinski definition) is 1. The molecule has 1 heterocycles. The van der Waals surface area contributed by atoms with Crippen LogP contribution in [0.3, 0.4) is 0 Å². The number of hydrogen-bond acceptors (Lipinski definition) is 10. The first-order chi connectivity index (χ1) is 11.5. The molecule has 0 bridgehead atoms. The molecular formula is C14H22N4O6. The normalized spacial score (nSPS) is 11.3. The van der Waals surface area contributed by atoms with Crippen molar-refractivity contribution in [3.05, 3.63) is 0 Å². The first-order valence-electron chi connectivity index (χ1n) is 7.46. The average molecular weight is 342 g/mol. The molecule has 0 aliphatic heterocycles. The zero-order valence-corrected chi connectivity index (χ0v) is 14.2. The van der Waals surface area contributed by atoms with Gasteiger partial charge in [-0.15, -0.1) is 4.98 Å². The molecule has 10 heteroatoms. The van der Waals surface area contributed by atoms with Crippen molar-refractivity contribution in [2.75, 3.05) is 32.8 Å². The second-order valence-electron chi connectivity index (χ2n) is 4.43. The van der Waals surface area contributed by atoms with E-state index in [1.807, 2.05) is 0 Å². The summed E-state index contributed by atoms with van der Waals surface area (Å²) in [7, 11) is 2.78. The van der Waals surface area contributed by atoms with Crippen molar-refractivity contribution in [1.82, 2.24) is 15.0 Å². The SMILES string of the molecule is CCOC(=O)CC[C@@H](Nc1nc(OC)nc(OC)n1)C(=O)OCC. The summed E-state index contributed by atoms with van der Waals surface area (Å²) in [5.41, 5.74) is 0. The van der Waals surface area contributed by atoms with Crippen molar-refractivity contribution in [3.63, 3.8) is 0 Å². The molecular weight excluding hydrogens is 320 g/mol. The molecule has 0 aromatic carbocycles. The molecule has 0 aliphatic rings. The number of nitrogens with one attached hydrogen (secondary N) is 1. The van der Waals surface area contributed by atoms with Gasteiger partial charge in [-0.3, -0.25) is 4.79 Å². The third-order valence-electron chi connectivity index (χ3n) is 2.78. The Morgan fingerprint density at radius 3 is 2.08 bits per heavy atom. The van der Waals surface area contributed by atoms with Gasteiger partial charge in [0, 0.05) is 6.42 Å². The van der Waals surface area contributed by atoms with Crippen molar-refractivity contribution in [3.8, 4) is 12.0 Å². The quantitative estimate of drug-likeness (QED) is 0.604. The Morgan fingerprint density at radius 2 is 1.58 bits per heavy atom. The Bertz CT molecular complexity index is 532. The Balaban J connectivity index is 2.87. The molecule has 1 rings (SSSR count). The summed E-state index contributed by atoms with van der Waals surface area (Å²) < 4.78 is 19.7. The van der Waals surface area contributed by atoms with Crippen LogP contribution in [0.15, 0.2) is 0 Å². The predicted octanol–water partition coefficient (Wildman–Crippen LogP) is 0.576. The van der Waals surface area contributed by atoms with Gasteiger partial charge in [0.15, 0.2) is 0 Å². The molecule has 10 nitrogen and oxygen atoms in total.